The summed E-state index contributed by atoms with van der Waals surface area (Å²) < 4.78 is 27.3. The number of carbonyl (C=O) groups is 3. The molecule has 1 aliphatic rings. The van der Waals surface area contributed by atoms with Crippen LogP contribution in [-0.4, -0.2) is 47.6 Å². The molecule has 0 aliphatic carbocycles. The van der Waals surface area contributed by atoms with E-state index in [0.29, 0.717) is 24.6 Å². The van der Waals surface area contributed by atoms with Crippen molar-refractivity contribution in [3.8, 4) is 0 Å². The molecule has 0 radical (unpaired) electrons. The first-order chi connectivity index (χ1) is 16.7. The van der Waals surface area contributed by atoms with Gasteiger partial charge in [0, 0.05) is 30.2 Å². The summed E-state index contributed by atoms with van der Waals surface area (Å²) in [5.41, 5.74) is 1.03. The average Bonchev–Trinajstić information content (AvgIpc) is 3.07. The molecule has 1 aliphatic heterocycles. The van der Waals surface area contributed by atoms with Gasteiger partial charge >= 0.3 is 0 Å². The van der Waals surface area contributed by atoms with Crippen LogP contribution in [-0.2, 0) is 10.0 Å². The van der Waals surface area contributed by atoms with Crippen molar-refractivity contribution in [2.24, 2.45) is 5.92 Å². The second-order valence-corrected chi connectivity index (χ2v) is 10.0. The Morgan fingerprint density at radius 1 is 0.971 bits per heavy atom. The number of hydrogen-bond donors (Lipinski definition) is 2. The van der Waals surface area contributed by atoms with Crippen LogP contribution in [0.15, 0.2) is 65.8 Å². The number of fused-ring (bicyclic) bond motifs is 1. The van der Waals surface area contributed by atoms with Crippen molar-refractivity contribution in [2.45, 2.75) is 25.2 Å². The number of nitrogens with one attached hydrogen (secondary N) is 2. The highest BCUT2D eigenvalue weighted by Gasteiger charge is 2.35. The summed E-state index contributed by atoms with van der Waals surface area (Å²) >= 11 is 0. The largest absolute Gasteiger partial charge is 0.322 e. The Labute approximate surface area is 202 Å². The standard InChI is InChI=1S/C24H23N5O5S/c1-15(2)10-13-29-22(31)19-9-4-16(14-20(19)23(29)32)21(30)27-17-5-7-18(8-6-17)35(33,34)28-24-25-11-3-12-26-24/h3-9,11-12,14-15H,10,13H2,1-2H3,(H,27,30)(H,25,26,28). The van der Waals surface area contributed by atoms with E-state index >= 15 is 0 Å². The van der Waals surface area contributed by atoms with Crippen LogP contribution in [0.1, 0.15) is 51.3 Å². The monoisotopic (exact) mass is 493 g/mol. The van der Waals surface area contributed by atoms with Gasteiger partial charge in [-0.3, -0.25) is 19.3 Å². The van der Waals surface area contributed by atoms with E-state index in [1.165, 1.54) is 59.8 Å². The lowest BCUT2D eigenvalue weighted by molar-refractivity contribution is 0.0647. The first-order valence-electron chi connectivity index (χ1n) is 10.9. The van der Waals surface area contributed by atoms with Gasteiger partial charge in [0.2, 0.25) is 5.95 Å². The Balaban J connectivity index is 1.46. The normalized spacial score (nSPS) is 13.2. The molecule has 35 heavy (non-hydrogen) atoms. The summed E-state index contributed by atoms with van der Waals surface area (Å²) in [7, 11) is -3.91. The molecule has 10 nitrogen and oxygen atoms in total. The lowest BCUT2D eigenvalue weighted by Gasteiger charge is -2.14. The van der Waals surface area contributed by atoms with Gasteiger partial charge in [-0.1, -0.05) is 13.8 Å². The van der Waals surface area contributed by atoms with Crippen LogP contribution in [0.4, 0.5) is 11.6 Å². The van der Waals surface area contributed by atoms with Crippen molar-refractivity contribution >= 4 is 39.4 Å². The second kappa shape index (κ2) is 9.63. The van der Waals surface area contributed by atoms with Gasteiger partial charge in [0.15, 0.2) is 0 Å². The number of sulfonamides is 1. The fraction of sp³-hybridized carbons (Fsp3) is 0.208. The van der Waals surface area contributed by atoms with Crippen molar-refractivity contribution in [3.63, 3.8) is 0 Å². The minimum absolute atomic E-state index is 0.0360. The summed E-state index contributed by atoms with van der Waals surface area (Å²) in [4.78, 5) is 46.9. The molecule has 0 atom stereocenters. The molecule has 0 bridgehead atoms. The smallest absolute Gasteiger partial charge is 0.264 e. The molecule has 3 aromatic rings. The van der Waals surface area contributed by atoms with E-state index in [0.717, 1.165) is 0 Å². The highest BCUT2D eigenvalue weighted by Crippen LogP contribution is 2.25. The maximum absolute atomic E-state index is 12.8. The van der Waals surface area contributed by atoms with E-state index in [-0.39, 0.29) is 33.4 Å². The third kappa shape index (κ3) is 5.19. The lowest BCUT2D eigenvalue weighted by atomic mass is 10.1. The Hall–Kier alpha value is -4.12. The SMILES string of the molecule is CC(C)CCN1C(=O)c2ccc(C(=O)Nc3ccc(S(=O)(=O)Nc4ncccn4)cc3)cc2C1=O. The molecule has 3 amide bonds. The quantitative estimate of drug-likeness (QED) is 0.460. The summed E-state index contributed by atoms with van der Waals surface area (Å²) in [5.74, 6) is -0.990. The average molecular weight is 494 g/mol. The Morgan fingerprint density at radius 2 is 1.63 bits per heavy atom. The Morgan fingerprint density at radius 3 is 2.29 bits per heavy atom. The molecule has 1 aromatic heterocycles. The molecule has 2 aromatic carbocycles. The van der Waals surface area contributed by atoms with Crippen LogP contribution in [0, 0.1) is 5.92 Å². The van der Waals surface area contributed by atoms with Gasteiger partial charge in [-0.15, -0.1) is 0 Å². The summed E-state index contributed by atoms with van der Waals surface area (Å²) in [6.07, 6.45) is 3.52. The number of hydrogen-bond acceptors (Lipinski definition) is 7. The van der Waals surface area contributed by atoms with Crippen LogP contribution in [0.5, 0.6) is 0 Å². The first kappa shape index (κ1) is 24.0. The Bertz CT molecular complexity index is 1390. The molecule has 0 saturated heterocycles. The summed E-state index contributed by atoms with van der Waals surface area (Å²) in [5, 5.41) is 2.67. The Kier molecular flexibility index (Phi) is 6.61. The van der Waals surface area contributed by atoms with Crippen molar-refractivity contribution in [3.05, 3.63) is 77.6 Å². The van der Waals surface area contributed by atoms with E-state index in [9.17, 15) is 22.8 Å². The molecule has 0 saturated carbocycles. The van der Waals surface area contributed by atoms with Crippen LogP contribution in [0.2, 0.25) is 0 Å². The van der Waals surface area contributed by atoms with E-state index < -0.39 is 21.8 Å². The molecular weight excluding hydrogens is 470 g/mol. The van der Waals surface area contributed by atoms with Crippen LogP contribution < -0.4 is 10.0 Å². The third-order valence-electron chi connectivity index (χ3n) is 5.38. The predicted molar refractivity (Wildman–Crippen MR) is 128 cm³/mol. The number of imide groups is 1. The highest BCUT2D eigenvalue weighted by atomic mass is 32.2. The molecule has 0 fully saturated rings. The van der Waals surface area contributed by atoms with Crippen molar-refractivity contribution in [2.75, 3.05) is 16.6 Å². The fourth-order valence-electron chi connectivity index (χ4n) is 3.47. The topological polar surface area (TPSA) is 138 Å². The van der Waals surface area contributed by atoms with Crippen LogP contribution in [0.3, 0.4) is 0 Å². The van der Waals surface area contributed by atoms with Gasteiger partial charge in [0.05, 0.1) is 16.0 Å². The number of carbonyl (C=O) groups excluding carboxylic acids is 3. The maximum atomic E-state index is 12.8. The van der Waals surface area contributed by atoms with E-state index in [4.69, 9.17) is 0 Å². The van der Waals surface area contributed by atoms with Crippen molar-refractivity contribution < 1.29 is 22.8 Å². The minimum atomic E-state index is -3.91. The van der Waals surface area contributed by atoms with E-state index in [1.54, 1.807) is 6.07 Å². The van der Waals surface area contributed by atoms with Gasteiger partial charge in [0.1, 0.15) is 0 Å². The molecule has 11 heteroatoms. The zero-order valence-corrected chi connectivity index (χ0v) is 19.9. The zero-order valence-electron chi connectivity index (χ0n) is 19.1. The molecule has 0 spiro atoms. The molecular formula is C24H23N5O5S. The molecule has 2 heterocycles. The lowest BCUT2D eigenvalue weighted by Crippen LogP contribution is -2.31. The number of rotatable bonds is 8. The molecule has 180 valence electrons. The molecule has 4 rings (SSSR count). The third-order valence-corrected chi connectivity index (χ3v) is 6.72. The number of benzene rings is 2. The highest BCUT2D eigenvalue weighted by molar-refractivity contribution is 7.92. The van der Waals surface area contributed by atoms with Crippen LogP contribution >= 0.6 is 0 Å². The second-order valence-electron chi connectivity index (χ2n) is 8.36. The van der Waals surface area contributed by atoms with Crippen LogP contribution in [0.25, 0.3) is 0 Å². The fourth-order valence-corrected chi connectivity index (χ4v) is 4.43. The number of amides is 3. The number of nitrogens with zero attached hydrogens (tertiary/aromatic N) is 3. The maximum Gasteiger partial charge on any atom is 0.264 e. The molecule has 2 N–H and O–H groups in total. The van der Waals surface area contributed by atoms with E-state index in [2.05, 4.69) is 20.0 Å². The molecule has 0 unspecified atom stereocenters. The number of aromatic nitrogens is 2. The van der Waals surface area contributed by atoms with Gasteiger partial charge in [-0.2, -0.15) is 0 Å². The first-order valence-corrected chi connectivity index (χ1v) is 12.4. The number of anilines is 2. The van der Waals surface area contributed by atoms with Gasteiger partial charge < -0.3 is 5.32 Å². The van der Waals surface area contributed by atoms with Gasteiger partial charge in [-0.05, 0) is 60.9 Å². The van der Waals surface area contributed by atoms with Crippen molar-refractivity contribution in [1.82, 2.24) is 14.9 Å². The minimum Gasteiger partial charge on any atom is -0.322 e. The summed E-state index contributed by atoms with van der Waals surface area (Å²) in [6.45, 7) is 4.35. The zero-order chi connectivity index (χ0) is 25.2. The van der Waals surface area contributed by atoms with Crippen molar-refractivity contribution in [1.29, 1.82) is 0 Å². The predicted octanol–water partition coefficient (Wildman–Crippen LogP) is 3.17. The van der Waals surface area contributed by atoms with E-state index in [1.807, 2.05) is 13.8 Å². The van der Waals surface area contributed by atoms with Gasteiger partial charge in [0.25, 0.3) is 27.7 Å². The van der Waals surface area contributed by atoms with Gasteiger partial charge in [-0.25, -0.2) is 23.1 Å². The summed E-state index contributed by atoms with van der Waals surface area (Å²) in [6, 6.07) is 11.5.